The van der Waals surface area contributed by atoms with Crippen LogP contribution in [0, 0.1) is 0 Å². The Labute approximate surface area is 111 Å². The van der Waals surface area contributed by atoms with Gasteiger partial charge in [-0.25, -0.2) is 4.98 Å². The third-order valence-electron chi connectivity index (χ3n) is 3.03. The zero-order valence-electron chi connectivity index (χ0n) is 11.0. The molecule has 1 atom stereocenters. The lowest BCUT2D eigenvalue weighted by Gasteiger charge is -2.31. The summed E-state index contributed by atoms with van der Waals surface area (Å²) in [7, 11) is 1.54. The molecule has 0 saturated carbocycles. The van der Waals surface area contributed by atoms with Gasteiger partial charge in [-0.2, -0.15) is 0 Å². The number of carbonyl (C=O) groups excluding carboxylic acids is 2. The molecule has 1 aromatic heterocycles. The molecule has 1 aromatic rings. The van der Waals surface area contributed by atoms with Crippen molar-refractivity contribution in [1.82, 2.24) is 15.2 Å². The Morgan fingerprint density at radius 2 is 2.26 bits per heavy atom. The fourth-order valence-electron chi connectivity index (χ4n) is 2.04. The fraction of sp³-hybridized carbons (Fsp3) is 0.462. The Hall–Kier alpha value is -2.11. The van der Waals surface area contributed by atoms with E-state index in [1.165, 1.54) is 4.90 Å². The van der Waals surface area contributed by atoms with Crippen LogP contribution >= 0.6 is 0 Å². The van der Waals surface area contributed by atoms with E-state index < -0.39 is 6.04 Å². The summed E-state index contributed by atoms with van der Waals surface area (Å²) in [5.41, 5.74) is 0.706. The molecule has 0 aromatic carbocycles. The molecule has 0 radical (unpaired) electrons. The van der Waals surface area contributed by atoms with Gasteiger partial charge in [0.25, 0.3) is 0 Å². The number of nitrogens with one attached hydrogen (secondary N) is 1. The maximum absolute atomic E-state index is 12.1. The van der Waals surface area contributed by atoms with Crippen LogP contribution in [-0.4, -0.2) is 41.4 Å². The summed E-state index contributed by atoms with van der Waals surface area (Å²) < 4.78 is 5.04. The zero-order chi connectivity index (χ0) is 13.8. The third kappa shape index (κ3) is 3.01. The zero-order valence-corrected chi connectivity index (χ0v) is 11.0. The van der Waals surface area contributed by atoms with Crippen LogP contribution in [0.15, 0.2) is 18.2 Å². The number of pyridine rings is 1. The van der Waals surface area contributed by atoms with Crippen LogP contribution in [0.1, 0.15) is 19.0 Å². The molecule has 102 valence electrons. The second kappa shape index (κ2) is 5.69. The smallest absolute Gasteiger partial charge is 0.245 e. The van der Waals surface area contributed by atoms with Crippen LogP contribution in [0.2, 0.25) is 0 Å². The highest BCUT2D eigenvalue weighted by Gasteiger charge is 2.31. The first-order valence-electron chi connectivity index (χ1n) is 6.22. The molecule has 0 spiro atoms. The van der Waals surface area contributed by atoms with Gasteiger partial charge in [0.1, 0.15) is 12.6 Å². The van der Waals surface area contributed by atoms with E-state index in [1.807, 2.05) is 19.1 Å². The molecule has 2 heterocycles. The van der Waals surface area contributed by atoms with Crippen LogP contribution in [0.3, 0.4) is 0 Å². The van der Waals surface area contributed by atoms with E-state index in [1.54, 1.807) is 13.2 Å². The number of hydrogen-bond donors (Lipinski definition) is 1. The molecule has 1 aliphatic heterocycles. The molecule has 2 amide bonds. The lowest BCUT2D eigenvalue weighted by molar-refractivity contribution is -0.145. The summed E-state index contributed by atoms with van der Waals surface area (Å²) in [6.45, 7) is 2.27. The van der Waals surface area contributed by atoms with Crippen molar-refractivity contribution in [2.45, 2.75) is 25.9 Å². The Morgan fingerprint density at radius 1 is 1.47 bits per heavy atom. The summed E-state index contributed by atoms with van der Waals surface area (Å²) >= 11 is 0. The van der Waals surface area contributed by atoms with Gasteiger partial charge in [-0.05, 0) is 12.5 Å². The number of aromatic nitrogens is 1. The molecular weight excluding hydrogens is 246 g/mol. The monoisotopic (exact) mass is 263 g/mol. The van der Waals surface area contributed by atoms with Crippen LogP contribution < -0.4 is 10.1 Å². The maximum Gasteiger partial charge on any atom is 0.245 e. The first-order valence-corrected chi connectivity index (χ1v) is 6.22. The second-order valence-corrected chi connectivity index (χ2v) is 4.39. The third-order valence-corrected chi connectivity index (χ3v) is 3.03. The Kier molecular flexibility index (Phi) is 3.99. The van der Waals surface area contributed by atoms with Gasteiger partial charge in [-0.15, -0.1) is 0 Å². The normalized spacial score (nSPS) is 19.3. The lowest BCUT2D eigenvalue weighted by Crippen LogP contribution is -2.57. The van der Waals surface area contributed by atoms with Crippen LogP contribution in [0.25, 0.3) is 0 Å². The van der Waals surface area contributed by atoms with E-state index in [2.05, 4.69) is 10.3 Å². The van der Waals surface area contributed by atoms with Crippen molar-refractivity contribution in [3.63, 3.8) is 0 Å². The second-order valence-electron chi connectivity index (χ2n) is 4.39. The molecule has 19 heavy (non-hydrogen) atoms. The molecule has 1 aliphatic rings. The molecule has 1 fully saturated rings. The van der Waals surface area contributed by atoms with Gasteiger partial charge >= 0.3 is 0 Å². The Bertz CT molecular complexity index is 490. The average Bonchev–Trinajstić information content (AvgIpc) is 2.42. The summed E-state index contributed by atoms with van der Waals surface area (Å²) in [6.07, 6.45) is 0.590. The van der Waals surface area contributed by atoms with Crippen LogP contribution in [0.5, 0.6) is 5.88 Å². The minimum atomic E-state index is -0.424. The largest absolute Gasteiger partial charge is 0.481 e. The quantitative estimate of drug-likeness (QED) is 0.849. The molecule has 6 heteroatoms. The molecule has 1 saturated heterocycles. The Balaban J connectivity index is 2.12. The van der Waals surface area contributed by atoms with Crippen molar-refractivity contribution in [2.75, 3.05) is 13.7 Å². The summed E-state index contributed by atoms with van der Waals surface area (Å²) in [5.74, 6) is 0.305. The van der Waals surface area contributed by atoms with Crippen LogP contribution in [0.4, 0.5) is 0 Å². The molecule has 2 rings (SSSR count). The van der Waals surface area contributed by atoms with Gasteiger partial charge in [0.2, 0.25) is 17.7 Å². The predicted octanol–water partition coefficient (Wildman–Crippen LogP) is 0.327. The van der Waals surface area contributed by atoms with E-state index >= 15 is 0 Å². The van der Waals surface area contributed by atoms with Crippen molar-refractivity contribution >= 4 is 11.8 Å². The Morgan fingerprint density at radius 3 is 2.95 bits per heavy atom. The molecule has 6 nitrogen and oxygen atoms in total. The fourth-order valence-corrected chi connectivity index (χ4v) is 2.04. The van der Waals surface area contributed by atoms with Crippen molar-refractivity contribution in [1.29, 1.82) is 0 Å². The van der Waals surface area contributed by atoms with Gasteiger partial charge in [0.15, 0.2) is 0 Å². The number of rotatable bonds is 4. The number of hydrogen-bond acceptors (Lipinski definition) is 4. The van der Waals surface area contributed by atoms with Crippen molar-refractivity contribution in [3.8, 4) is 5.88 Å². The maximum atomic E-state index is 12.1. The van der Waals surface area contributed by atoms with Gasteiger partial charge in [-0.3, -0.25) is 9.59 Å². The number of amides is 2. The first kappa shape index (κ1) is 13.3. The first-order chi connectivity index (χ1) is 9.13. The molecular formula is C13H17N3O3. The highest BCUT2D eigenvalue weighted by Crippen LogP contribution is 2.12. The highest BCUT2D eigenvalue weighted by molar-refractivity contribution is 5.94. The SMILES string of the molecule is CCC1NC(=O)CN(Cc2cccc(OC)n2)C1=O. The number of ether oxygens (including phenoxy) is 1. The molecule has 1 unspecified atom stereocenters. The van der Waals surface area contributed by atoms with Gasteiger partial charge in [0.05, 0.1) is 19.3 Å². The number of carbonyl (C=O) groups is 2. The van der Waals surface area contributed by atoms with Gasteiger partial charge in [-0.1, -0.05) is 13.0 Å². The number of nitrogens with zero attached hydrogens (tertiary/aromatic N) is 2. The van der Waals surface area contributed by atoms with Crippen LogP contribution in [-0.2, 0) is 16.1 Å². The molecule has 0 aliphatic carbocycles. The standard InChI is InChI=1S/C13H17N3O3/c1-3-10-13(18)16(8-11(17)15-10)7-9-5-4-6-12(14-9)19-2/h4-6,10H,3,7-8H2,1-2H3,(H,15,17). The summed E-state index contributed by atoms with van der Waals surface area (Å²) in [5, 5.41) is 2.68. The predicted molar refractivity (Wildman–Crippen MR) is 68.4 cm³/mol. The highest BCUT2D eigenvalue weighted by atomic mass is 16.5. The van der Waals surface area contributed by atoms with Gasteiger partial charge in [0, 0.05) is 6.07 Å². The lowest BCUT2D eigenvalue weighted by atomic mass is 10.1. The molecule has 0 bridgehead atoms. The average molecular weight is 263 g/mol. The molecule has 1 N–H and O–H groups in total. The van der Waals surface area contributed by atoms with E-state index in [9.17, 15) is 9.59 Å². The summed E-state index contributed by atoms with van der Waals surface area (Å²) in [6, 6.07) is 4.94. The van der Waals surface area contributed by atoms with Crippen molar-refractivity contribution in [3.05, 3.63) is 23.9 Å². The minimum Gasteiger partial charge on any atom is -0.481 e. The number of methoxy groups -OCH3 is 1. The van der Waals surface area contributed by atoms with E-state index in [-0.39, 0.29) is 18.4 Å². The van der Waals surface area contributed by atoms with Gasteiger partial charge < -0.3 is 15.0 Å². The summed E-state index contributed by atoms with van der Waals surface area (Å²) in [4.78, 5) is 29.4. The minimum absolute atomic E-state index is 0.0632. The van der Waals surface area contributed by atoms with E-state index in [4.69, 9.17) is 4.74 Å². The van der Waals surface area contributed by atoms with E-state index in [0.717, 1.165) is 0 Å². The van der Waals surface area contributed by atoms with E-state index in [0.29, 0.717) is 24.5 Å². The van der Waals surface area contributed by atoms with Crippen molar-refractivity contribution < 1.29 is 14.3 Å². The van der Waals surface area contributed by atoms with Crippen molar-refractivity contribution in [2.24, 2.45) is 0 Å². The topological polar surface area (TPSA) is 71.5 Å². The number of piperazine rings is 1.